The molecule has 0 aliphatic rings. The van der Waals surface area contributed by atoms with Crippen LogP contribution in [-0.4, -0.2) is 40.4 Å². The topological polar surface area (TPSA) is 71.1 Å². The van der Waals surface area contributed by atoms with Crippen molar-refractivity contribution in [2.45, 2.75) is 0 Å². The summed E-state index contributed by atoms with van der Waals surface area (Å²) in [7, 11) is 5.23. The van der Waals surface area contributed by atoms with Gasteiger partial charge in [-0.15, -0.1) is 11.3 Å². The Bertz CT molecular complexity index is 398. The van der Waals surface area contributed by atoms with Gasteiger partial charge >= 0.3 is 11.9 Å². The standard InChI is InChI=1S/C10H12O6S/c1-13-5-6(14-2)8(10(12)16-4)17-7(5)9(11)15-3/h1-4H3. The molecule has 1 aromatic heterocycles. The van der Waals surface area contributed by atoms with Gasteiger partial charge in [0.25, 0.3) is 0 Å². The first-order chi connectivity index (χ1) is 8.10. The molecule has 1 heterocycles. The summed E-state index contributed by atoms with van der Waals surface area (Å²) in [5.74, 6) is -0.852. The van der Waals surface area contributed by atoms with Gasteiger partial charge in [0, 0.05) is 0 Å². The molecule has 17 heavy (non-hydrogen) atoms. The molecule has 0 N–H and O–H groups in total. The lowest BCUT2D eigenvalue weighted by Crippen LogP contribution is -2.01. The third-order valence-electron chi connectivity index (χ3n) is 1.97. The SMILES string of the molecule is COC(=O)c1sc(C(=O)OC)c(OC)c1OC. The molecule has 0 aliphatic carbocycles. The first-order valence-electron chi connectivity index (χ1n) is 4.52. The van der Waals surface area contributed by atoms with Crippen LogP contribution in [0.25, 0.3) is 0 Å². The molecule has 1 aromatic rings. The van der Waals surface area contributed by atoms with Crippen molar-refractivity contribution in [2.75, 3.05) is 28.4 Å². The van der Waals surface area contributed by atoms with E-state index in [1.807, 2.05) is 0 Å². The number of hydrogen-bond acceptors (Lipinski definition) is 7. The number of ether oxygens (including phenoxy) is 4. The van der Waals surface area contributed by atoms with Gasteiger partial charge in [-0.1, -0.05) is 0 Å². The van der Waals surface area contributed by atoms with Crippen LogP contribution in [-0.2, 0) is 9.47 Å². The molecule has 0 saturated heterocycles. The number of esters is 2. The van der Waals surface area contributed by atoms with E-state index in [-0.39, 0.29) is 21.3 Å². The average Bonchev–Trinajstić information content (AvgIpc) is 2.74. The maximum atomic E-state index is 11.5. The number of carbonyl (C=O) groups is 2. The smallest absolute Gasteiger partial charge is 0.352 e. The molecule has 0 saturated carbocycles. The Morgan fingerprint density at radius 1 is 0.824 bits per heavy atom. The fourth-order valence-electron chi connectivity index (χ4n) is 1.23. The van der Waals surface area contributed by atoms with E-state index >= 15 is 0 Å². The molecule has 7 heteroatoms. The Balaban J connectivity index is 3.38. The van der Waals surface area contributed by atoms with E-state index in [9.17, 15) is 9.59 Å². The van der Waals surface area contributed by atoms with Crippen molar-refractivity contribution in [1.82, 2.24) is 0 Å². The molecule has 0 spiro atoms. The lowest BCUT2D eigenvalue weighted by molar-refractivity contribution is 0.0593. The van der Waals surface area contributed by atoms with Crippen molar-refractivity contribution in [2.24, 2.45) is 0 Å². The monoisotopic (exact) mass is 260 g/mol. The van der Waals surface area contributed by atoms with E-state index in [1.54, 1.807) is 0 Å². The van der Waals surface area contributed by atoms with Gasteiger partial charge in [-0.05, 0) is 0 Å². The molecule has 0 radical (unpaired) electrons. The van der Waals surface area contributed by atoms with Crippen molar-refractivity contribution in [1.29, 1.82) is 0 Å². The van der Waals surface area contributed by atoms with Crippen LogP contribution in [0.5, 0.6) is 11.5 Å². The molecule has 0 aliphatic heterocycles. The molecule has 94 valence electrons. The van der Waals surface area contributed by atoms with Crippen molar-refractivity contribution in [3.8, 4) is 11.5 Å². The normalized spacial score (nSPS) is 9.65. The predicted octanol–water partition coefficient (Wildman–Crippen LogP) is 1.34. The highest BCUT2D eigenvalue weighted by atomic mass is 32.1. The quantitative estimate of drug-likeness (QED) is 0.761. The highest BCUT2D eigenvalue weighted by molar-refractivity contribution is 7.16. The van der Waals surface area contributed by atoms with Crippen LogP contribution in [0.2, 0.25) is 0 Å². The average molecular weight is 260 g/mol. The second-order valence-corrected chi connectivity index (χ2v) is 3.83. The molecular weight excluding hydrogens is 248 g/mol. The van der Waals surface area contributed by atoms with Crippen LogP contribution in [0, 0.1) is 0 Å². The summed E-state index contributed by atoms with van der Waals surface area (Å²) >= 11 is 0.902. The van der Waals surface area contributed by atoms with E-state index in [2.05, 4.69) is 9.47 Å². The zero-order chi connectivity index (χ0) is 13.0. The summed E-state index contributed by atoms with van der Waals surface area (Å²) in [5.41, 5.74) is 0. The van der Waals surface area contributed by atoms with Gasteiger partial charge in [0.2, 0.25) is 0 Å². The summed E-state index contributed by atoms with van der Waals surface area (Å²) in [5, 5.41) is 0. The number of hydrogen-bond donors (Lipinski definition) is 0. The highest BCUT2D eigenvalue weighted by Crippen LogP contribution is 2.42. The zero-order valence-electron chi connectivity index (χ0n) is 9.86. The summed E-state index contributed by atoms with van der Waals surface area (Å²) in [6.07, 6.45) is 0. The van der Waals surface area contributed by atoms with E-state index in [0.717, 1.165) is 11.3 Å². The summed E-state index contributed by atoms with van der Waals surface area (Å²) in [6.45, 7) is 0. The Morgan fingerprint density at radius 2 is 1.18 bits per heavy atom. The van der Waals surface area contributed by atoms with Gasteiger partial charge < -0.3 is 18.9 Å². The first kappa shape index (κ1) is 13.3. The van der Waals surface area contributed by atoms with Gasteiger partial charge in [-0.3, -0.25) is 0 Å². The van der Waals surface area contributed by atoms with Gasteiger partial charge in [0.15, 0.2) is 21.3 Å². The minimum atomic E-state index is -0.597. The molecule has 0 bridgehead atoms. The molecule has 0 aromatic carbocycles. The second-order valence-electron chi connectivity index (χ2n) is 2.81. The molecule has 0 amide bonds. The summed E-state index contributed by atoms with van der Waals surface area (Å²) < 4.78 is 19.3. The van der Waals surface area contributed by atoms with Crippen LogP contribution in [0.4, 0.5) is 0 Å². The van der Waals surface area contributed by atoms with Crippen molar-refractivity contribution < 1.29 is 28.5 Å². The predicted molar refractivity (Wildman–Crippen MR) is 60.1 cm³/mol. The Hall–Kier alpha value is -1.76. The molecule has 0 atom stereocenters. The zero-order valence-corrected chi connectivity index (χ0v) is 10.7. The molecule has 0 unspecified atom stereocenters. The van der Waals surface area contributed by atoms with Gasteiger partial charge in [-0.25, -0.2) is 9.59 Å². The lowest BCUT2D eigenvalue weighted by atomic mass is 10.3. The summed E-state index contributed by atoms with van der Waals surface area (Å²) in [6, 6.07) is 0. The first-order valence-corrected chi connectivity index (χ1v) is 5.33. The largest absolute Gasteiger partial charge is 0.491 e. The lowest BCUT2D eigenvalue weighted by Gasteiger charge is -2.04. The maximum absolute atomic E-state index is 11.5. The highest BCUT2D eigenvalue weighted by Gasteiger charge is 2.29. The van der Waals surface area contributed by atoms with Gasteiger partial charge in [-0.2, -0.15) is 0 Å². The van der Waals surface area contributed by atoms with Gasteiger partial charge in [0.05, 0.1) is 28.4 Å². The number of methoxy groups -OCH3 is 4. The number of thiophene rings is 1. The molecule has 0 fully saturated rings. The van der Waals surface area contributed by atoms with Crippen molar-refractivity contribution in [3.63, 3.8) is 0 Å². The molecule has 1 rings (SSSR count). The third-order valence-corrected chi connectivity index (χ3v) is 3.09. The Labute approximate surface area is 102 Å². The van der Waals surface area contributed by atoms with E-state index in [0.29, 0.717) is 0 Å². The third kappa shape index (κ3) is 2.33. The second kappa shape index (κ2) is 5.53. The van der Waals surface area contributed by atoms with Gasteiger partial charge in [0.1, 0.15) is 0 Å². The van der Waals surface area contributed by atoms with Crippen LogP contribution in [0.1, 0.15) is 19.3 Å². The van der Waals surface area contributed by atoms with Crippen LogP contribution in [0.15, 0.2) is 0 Å². The Kier molecular flexibility index (Phi) is 4.33. The maximum Gasteiger partial charge on any atom is 0.352 e. The summed E-state index contributed by atoms with van der Waals surface area (Å²) in [4.78, 5) is 23.3. The van der Waals surface area contributed by atoms with E-state index in [4.69, 9.17) is 9.47 Å². The van der Waals surface area contributed by atoms with Crippen LogP contribution < -0.4 is 9.47 Å². The number of rotatable bonds is 4. The fourth-order valence-corrected chi connectivity index (χ4v) is 2.30. The Morgan fingerprint density at radius 3 is 1.41 bits per heavy atom. The fraction of sp³-hybridized carbons (Fsp3) is 0.400. The molecular formula is C10H12O6S. The van der Waals surface area contributed by atoms with E-state index < -0.39 is 11.9 Å². The van der Waals surface area contributed by atoms with Crippen LogP contribution in [0.3, 0.4) is 0 Å². The van der Waals surface area contributed by atoms with Crippen LogP contribution >= 0.6 is 11.3 Å². The minimum absolute atomic E-state index is 0.159. The number of carbonyl (C=O) groups excluding carboxylic acids is 2. The molecule has 6 nitrogen and oxygen atoms in total. The minimum Gasteiger partial charge on any atom is -0.491 e. The van der Waals surface area contributed by atoms with Crippen molar-refractivity contribution in [3.05, 3.63) is 9.75 Å². The van der Waals surface area contributed by atoms with E-state index in [1.165, 1.54) is 28.4 Å². The van der Waals surface area contributed by atoms with Crippen molar-refractivity contribution >= 4 is 23.3 Å².